The van der Waals surface area contributed by atoms with Crippen LogP contribution in [-0.2, 0) is 17.8 Å². The average Bonchev–Trinajstić information content (AvgIpc) is 2.60. The molecule has 1 aliphatic rings. The van der Waals surface area contributed by atoms with Crippen LogP contribution >= 0.6 is 24.8 Å². The van der Waals surface area contributed by atoms with Crippen molar-refractivity contribution < 1.29 is 4.79 Å². The monoisotopic (exact) mass is 396 g/mol. The summed E-state index contributed by atoms with van der Waals surface area (Å²) in [4.78, 5) is 18.7. The molecule has 2 aromatic rings. The number of pyridine rings is 1. The van der Waals surface area contributed by atoms with E-state index in [0.717, 1.165) is 43.7 Å². The molecule has 0 aliphatic carbocycles. The summed E-state index contributed by atoms with van der Waals surface area (Å²) in [7, 11) is 0. The van der Waals surface area contributed by atoms with Crippen molar-refractivity contribution in [3.63, 3.8) is 0 Å². The molecule has 1 amide bonds. The number of nitrogens with one attached hydrogen (secondary N) is 1. The molecule has 0 spiro atoms. The maximum absolute atomic E-state index is 12.2. The molecule has 1 aliphatic heterocycles. The largest absolute Gasteiger partial charge is 0.399 e. The van der Waals surface area contributed by atoms with Crippen LogP contribution in [0.4, 0.5) is 5.69 Å². The van der Waals surface area contributed by atoms with Crippen LogP contribution in [0.2, 0.25) is 0 Å². The highest BCUT2D eigenvalue weighted by Gasteiger charge is 2.20. The Morgan fingerprint density at radius 3 is 2.27 bits per heavy atom. The third-order valence-electron chi connectivity index (χ3n) is 4.45. The van der Waals surface area contributed by atoms with Gasteiger partial charge in [0.1, 0.15) is 0 Å². The van der Waals surface area contributed by atoms with Gasteiger partial charge >= 0.3 is 0 Å². The van der Waals surface area contributed by atoms with Crippen molar-refractivity contribution >= 4 is 36.4 Å². The lowest BCUT2D eigenvalue weighted by Gasteiger charge is -2.32. The van der Waals surface area contributed by atoms with E-state index in [4.69, 9.17) is 5.73 Å². The number of hydrogen-bond acceptors (Lipinski definition) is 4. The molecule has 142 valence electrons. The number of carbonyl (C=O) groups excluding carboxylic acids is 1. The second kappa shape index (κ2) is 11.0. The number of piperidine rings is 1. The van der Waals surface area contributed by atoms with Gasteiger partial charge in [0, 0.05) is 43.8 Å². The standard InChI is InChI=1S/C19H24N4O.2ClH/c20-17-3-1-15(2-4-17)13-19(24)22-18-7-11-23(12-8-18)14-16-5-9-21-10-6-16;;/h1-6,9-10,18H,7-8,11-14,20H2,(H,22,24);2*1H. The van der Waals surface area contributed by atoms with E-state index in [2.05, 4.69) is 27.3 Å². The van der Waals surface area contributed by atoms with Crippen molar-refractivity contribution in [3.05, 3.63) is 59.9 Å². The van der Waals surface area contributed by atoms with Gasteiger partial charge in [-0.3, -0.25) is 14.7 Å². The van der Waals surface area contributed by atoms with Crippen molar-refractivity contribution in [1.82, 2.24) is 15.2 Å². The SMILES string of the molecule is Cl.Cl.Nc1ccc(CC(=O)NC2CCN(Cc3ccncc3)CC2)cc1. The van der Waals surface area contributed by atoms with E-state index in [-0.39, 0.29) is 36.8 Å². The Kier molecular flexibility index (Phi) is 9.41. The van der Waals surface area contributed by atoms with Gasteiger partial charge in [-0.25, -0.2) is 0 Å². The Morgan fingerprint density at radius 1 is 1.04 bits per heavy atom. The van der Waals surface area contributed by atoms with E-state index >= 15 is 0 Å². The molecule has 5 nitrogen and oxygen atoms in total. The highest BCUT2D eigenvalue weighted by molar-refractivity contribution is 5.85. The molecule has 1 aromatic heterocycles. The number of rotatable bonds is 5. The lowest BCUT2D eigenvalue weighted by Crippen LogP contribution is -2.44. The number of halogens is 2. The highest BCUT2D eigenvalue weighted by Crippen LogP contribution is 2.14. The summed E-state index contributed by atoms with van der Waals surface area (Å²) in [6.07, 6.45) is 6.08. The first-order valence-corrected chi connectivity index (χ1v) is 8.44. The summed E-state index contributed by atoms with van der Waals surface area (Å²) in [5.41, 5.74) is 8.67. The fourth-order valence-corrected chi connectivity index (χ4v) is 3.08. The van der Waals surface area contributed by atoms with Crippen molar-refractivity contribution in [3.8, 4) is 0 Å². The maximum Gasteiger partial charge on any atom is 0.224 e. The van der Waals surface area contributed by atoms with Crippen LogP contribution in [-0.4, -0.2) is 34.9 Å². The molecule has 3 N–H and O–H groups in total. The number of nitrogens with two attached hydrogens (primary N) is 1. The van der Waals surface area contributed by atoms with Crippen LogP contribution in [0.25, 0.3) is 0 Å². The zero-order valence-electron chi connectivity index (χ0n) is 14.6. The minimum Gasteiger partial charge on any atom is -0.399 e. The zero-order valence-corrected chi connectivity index (χ0v) is 16.3. The van der Waals surface area contributed by atoms with Gasteiger partial charge in [-0.15, -0.1) is 24.8 Å². The van der Waals surface area contributed by atoms with Gasteiger partial charge in [0.05, 0.1) is 6.42 Å². The van der Waals surface area contributed by atoms with Gasteiger partial charge in [0.25, 0.3) is 0 Å². The Labute approximate surface area is 167 Å². The van der Waals surface area contributed by atoms with Crippen molar-refractivity contribution in [2.24, 2.45) is 0 Å². The van der Waals surface area contributed by atoms with Crippen molar-refractivity contribution in [2.45, 2.75) is 31.8 Å². The van der Waals surface area contributed by atoms with Crippen LogP contribution < -0.4 is 11.1 Å². The van der Waals surface area contributed by atoms with Gasteiger partial charge in [-0.1, -0.05) is 12.1 Å². The third kappa shape index (κ3) is 6.83. The lowest BCUT2D eigenvalue weighted by molar-refractivity contribution is -0.121. The molecular weight excluding hydrogens is 371 g/mol. The molecule has 1 aromatic carbocycles. The average molecular weight is 397 g/mol. The van der Waals surface area contributed by atoms with E-state index in [1.807, 2.05) is 36.7 Å². The fourth-order valence-electron chi connectivity index (χ4n) is 3.08. The lowest BCUT2D eigenvalue weighted by atomic mass is 10.0. The molecule has 2 heterocycles. The molecule has 0 radical (unpaired) electrons. The second-order valence-corrected chi connectivity index (χ2v) is 6.39. The Bertz CT molecular complexity index is 659. The molecule has 26 heavy (non-hydrogen) atoms. The van der Waals surface area contributed by atoms with E-state index in [1.165, 1.54) is 5.56 Å². The molecule has 1 saturated heterocycles. The number of carbonyl (C=O) groups is 1. The fraction of sp³-hybridized carbons (Fsp3) is 0.368. The minimum absolute atomic E-state index is 0. The number of anilines is 1. The van der Waals surface area contributed by atoms with Gasteiger partial charge in [-0.2, -0.15) is 0 Å². The van der Waals surface area contributed by atoms with E-state index < -0.39 is 0 Å². The van der Waals surface area contributed by atoms with E-state index in [1.54, 1.807) is 0 Å². The first-order valence-electron chi connectivity index (χ1n) is 8.44. The zero-order chi connectivity index (χ0) is 16.8. The number of amides is 1. The third-order valence-corrected chi connectivity index (χ3v) is 4.45. The molecule has 0 unspecified atom stereocenters. The maximum atomic E-state index is 12.2. The van der Waals surface area contributed by atoms with Crippen molar-refractivity contribution in [2.75, 3.05) is 18.8 Å². The number of nitrogens with zero attached hydrogens (tertiary/aromatic N) is 2. The van der Waals surface area contributed by atoms with Gasteiger partial charge in [0.15, 0.2) is 0 Å². The summed E-state index contributed by atoms with van der Waals surface area (Å²) in [6, 6.07) is 11.9. The van der Waals surface area contributed by atoms with E-state index in [9.17, 15) is 4.79 Å². The van der Waals surface area contributed by atoms with Crippen LogP contribution in [0.3, 0.4) is 0 Å². The Hall–Kier alpha value is -1.82. The molecule has 7 heteroatoms. The summed E-state index contributed by atoms with van der Waals surface area (Å²) < 4.78 is 0. The van der Waals surface area contributed by atoms with Gasteiger partial charge in [-0.05, 0) is 48.2 Å². The van der Waals surface area contributed by atoms with Gasteiger partial charge < -0.3 is 11.1 Å². The van der Waals surface area contributed by atoms with Crippen LogP contribution in [0.5, 0.6) is 0 Å². The Balaban J connectivity index is 0.00000169. The molecule has 0 atom stereocenters. The second-order valence-electron chi connectivity index (χ2n) is 6.39. The number of hydrogen-bond donors (Lipinski definition) is 2. The van der Waals surface area contributed by atoms with E-state index in [0.29, 0.717) is 6.42 Å². The normalized spacial score (nSPS) is 14.8. The molecule has 0 bridgehead atoms. The molecule has 1 fully saturated rings. The first kappa shape index (κ1) is 22.2. The molecule has 3 rings (SSSR count). The van der Waals surface area contributed by atoms with Crippen LogP contribution in [0, 0.1) is 0 Å². The topological polar surface area (TPSA) is 71.2 Å². The predicted octanol–water partition coefficient (Wildman–Crippen LogP) is 2.83. The summed E-state index contributed by atoms with van der Waals surface area (Å²) >= 11 is 0. The highest BCUT2D eigenvalue weighted by atomic mass is 35.5. The molecular formula is C19H26Cl2N4O. The number of nitrogen functional groups attached to an aromatic ring is 1. The summed E-state index contributed by atoms with van der Waals surface area (Å²) in [5, 5.41) is 3.16. The van der Waals surface area contributed by atoms with Crippen LogP contribution in [0.1, 0.15) is 24.0 Å². The summed E-state index contributed by atoms with van der Waals surface area (Å²) in [5.74, 6) is 0.0901. The predicted molar refractivity (Wildman–Crippen MR) is 110 cm³/mol. The van der Waals surface area contributed by atoms with Crippen LogP contribution in [0.15, 0.2) is 48.8 Å². The summed E-state index contributed by atoms with van der Waals surface area (Å²) in [6.45, 7) is 2.97. The molecule has 0 saturated carbocycles. The minimum atomic E-state index is 0. The smallest absolute Gasteiger partial charge is 0.224 e. The Morgan fingerprint density at radius 2 is 1.65 bits per heavy atom. The number of likely N-dealkylation sites (tertiary alicyclic amines) is 1. The quantitative estimate of drug-likeness (QED) is 0.762. The van der Waals surface area contributed by atoms with Crippen molar-refractivity contribution in [1.29, 1.82) is 0 Å². The number of benzene rings is 1. The van der Waals surface area contributed by atoms with Gasteiger partial charge in [0.2, 0.25) is 5.91 Å². The first-order chi connectivity index (χ1) is 11.7. The number of aromatic nitrogens is 1.